The molecule has 1 aromatic heterocycles. The van der Waals surface area contributed by atoms with Crippen LogP contribution in [0.4, 0.5) is 10.5 Å². The number of nitrogens with one attached hydrogen (secondary N) is 2. The monoisotopic (exact) mass is 471 g/mol. The summed E-state index contributed by atoms with van der Waals surface area (Å²) in [6.45, 7) is 0.143. The molecule has 0 bridgehead atoms. The number of amides is 2. The van der Waals surface area contributed by atoms with Crippen LogP contribution >= 0.6 is 0 Å². The molecule has 2 aromatic carbocycles. The fraction of sp³-hybridized carbons (Fsp3) is 0.259. The third-order valence-electron chi connectivity index (χ3n) is 6.75. The number of aromatic nitrogens is 1. The summed E-state index contributed by atoms with van der Waals surface area (Å²) >= 11 is 0. The Kier molecular flexibility index (Phi) is 6.18. The van der Waals surface area contributed by atoms with E-state index >= 15 is 0 Å². The van der Waals surface area contributed by atoms with Crippen LogP contribution in [0.1, 0.15) is 46.8 Å². The molecule has 8 nitrogen and oxygen atoms in total. The van der Waals surface area contributed by atoms with Crippen molar-refractivity contribution in [2.24, 2.45) is 5.92 Å². The van der Waals surface area contributed by atoms with Crippen molar-refractivity contribution in [3.63, 3.8) is 0 Å². The van der Waals surface area contributed by atoms with Crippen LogP contribution in [0.5, 0.6) is 0 Å². The van der Waals surface area contributed by atoms with E-state index in [0.29, 0.717) is 12.8 Å². The van der Waals surface area contributed by atoms with Crippen LogP contribution in [0.3, 0.4) is 0 Å². The molecular weight excluding hydrogens is 446 g/mol. The number of carbonyl (C=O) groups excluding carboxylic acids is 2. The number of carboxylic acid groups (broad SMARTS) is 1. The van der Waals surface area contributed by atoms with E-state index in [0.717, 1.165) is 28.7 Å². The van der Waals surface area contributed by atoms with E-state index < -0.39 is 29.9 Å². The van der Waals surface area contributed by atoms with Gasteiger partial charge in [-0.25, -0.2) is 9.78 Å². The normalized spacial score (nSPS) is 18.4. The summed E-state index contributed by atoms with van der Waals surface area (Å²) in [6, 6.07) is 18.8. The lowest BCUT2D eigenvalue weighted by Gasteiger charge is -2.18. The average molecular weight is 472 g/mol. The second-order valence-corrected chi connectivity index (χ2v) is 8.81. The summed E-state index contributed by atoms with van der Waals surface area (Å²) < 4.78 is 5.57. The molecule has 8 heteroatoms. The Hall–Kier alpha value is -4.20. The third-order valence-corrected chi connectivity index (χ3v) is 6.75. The number of pyridine rings is 1. The fourth-order valence-corrected chi connectivity index (χ4v) is 5.10. The van der Waals surface area contributed by atoms with E-state index in [1.807, 2.05) is 36.4 Å². The second kappa shape index (κ2) is 9.58. The Morgan fingerprint density at radius 1 is 0.943 bits per heavy atom. The number of ether oxygens (including phenoxy) is 1. The molecule has 2 atom stereocenters. The lowest BCUT2D eigenvalue weighted by molar-refractivity contribution is -0.142. The molecule has 0 spiro atoms. The highest BCUT2D eigenvalue weighted by Gasteiger charge is 2.35. The van der Waals surface area contributed by atoms with Crippen molar-refractivity contribution in [3.05, 3.63) is 83.7 Å². The number of benzene rings is 2. The predicted octanol–water partition coefficient (Wildman–Crippen LogP) is 4.43. The molecule has 5 rings (SSSR count). The number of carbonyl (C=O) groups is 3. The highest BCUT2D eigenvalue weighted by molar-refractivity contribution is 6.01. The first-order chi connectivity index (χ1) is 17.0. The van der Waals surface area contributed by atoms with Crippen molar-refractivity contribution in [1.82, 2.24) is 10.3 Å². The largest absolute Gasteiger partial charge is 0.481 e. The summed E-state index contributed by atoms with van der Waals surface area (Å²) in [6.07, 6.45) is 2.59. The maximum absolute atomic E-state index is 12.9. The first kappa shape index (κ1) is 22.6. The summed E-state index contributed by atoms with van der Waals surface area (Å²) in [5, 5.41) is 14.8. The van der Waals surface area contributed by atoms with E-state index in [2.05, 4.69) is 27.8 Å². The molecule has 1 heterocycles. The molecule has 3 N–H and O–H groups in total. The summed E-state index contributed by atoms with van der Waals surface area (Å²) in [4.78, 5) is 41.1. The number of hydrogen-bond donors (Lipinski definition) is 3. The SMILES string of the molecule is O=C(Nc1cccnc1C(=O)NC1CCCC1C(=O)O)OCC1c2ccccc2-c2ccccc21. The van der Waals surface area contributed by atoms with Gasteiger partial charge in [-0.2, -0.15) is 0 Å². The summed E-state index contributed by atoms with van der Waals surface area (Å²) in [5.74, 6) is -2.16. The quantitative estimate of drug-likeness (QED) is 0.490. The number of anilines is 1. The Labute approximate surface area is 202 Å². The van der Waals surface area contributed by atoms with Crippen molar-refractivity contribution >= 4 is 23.7 Å². The Bertz CT molecular complexity index is 1250. The van der Waals surface area contributed by atoms with Gasteiger partial charge in [-0.3, -0.25) is 14.9 Å². The van der Waals surface area contributed by atoms with Crippen LogP contribution in [-0.4, -0.2) is 40.7 Å². The van der Waals surface area contributed by atoms with E-state index in [9.17, 15) is 19.5 Å². The van der Waals surface area contributed by atoms with Gasteiger partial charge in [0.1, 0.15) is 6.61 Å². The Morgan fingerprint density at radius 2 is 1.63 bits per heavy atom. The zero-order chi connectivity index (χ0) is 24.4. The molecule has 0 radical (unpaired) electrons. The van der Waals surface area contributed by atoms with Crippen LogP contribution in [0.25, 0.3) is 11.1 Å². The van der Waals surface area contributed by atoms with Crippen LogP contribution < -0.4 is 10.6 Å². The Balaban J connectivity index is 1.26. The highest BCUT2D eigenvalue weighted by Crippen LogP contribution is 2.44. The number of aliphatic carboxylic acids is 1. The topological polar surface area (TPSA) is 118 Å². The highest BCUT2D eigenvalue weighted by atomic mass is 16.5. The standard InChI is InChI=1S/C27H25N3O5/c31-25(29-22-12-5-11-20(22)26(32)33)24-23(13-6-14-28-24)30-27(34)35-15-21-18-9-3-1-7-16(18)17-8-2-4-10-19(17)21/h1-4,6-10,13-14,20-22H,5,11-12,15H2,(H,29,31)(H,30,34)(H,32,33). The van der Waals surface area contributed by atoms with Gasteiger partial charge in [-0.05, 0) is 47.2 Å². The molecule has 0 aliphatic heterocycles. The molecule has 2 unspecified atom stereocenters. The first-order valence-electron chi connectivity index (χ1n) is 11.6. The van der Waals surface area contributed by atoms with Gasteiger partial charge in [0, 0.05) is 18.2 Å². The van der Waals surface area contributed by atoms with Crippen LogP contribution in [0, 0.1) is 5.92 Å². The smallest absolute Gasteiger partial charge is 0.411 e. The third kappa shape index (κ3) is 4.47. The minimum atomic E-state index is -0.925. The molecule has 1 saturated carbocycles. The second-order valence-electron chi connectivity index (χ2n) is 8.81. The van der Waals surface area contributed by atoms with Gasteiger partial charge in [0.05, 0.1) is 11.6 Å². The summed E-state index contributed by atoms with van der Waals surface area (Å²) in [5.41, 5.74) is 4.69. The van der Waals surface area contributed by atoms with Crippen molar-refractivity contribution in [1.29, 1.82) is 0 Å². The first-order valence-corrected chi connectivity index (χ1v) is 11.6. The zero-order valence-corrected chi connectivity index (χ0v) is 18.9. The number of rotatable bonds is 6. The van der Waals surface area contributed by atoms with Crippen molar-refractivity contribution < 1.29 is 24.2 Å². The van der Waals surface area contributed by atoms with Gasteiger partial charge in [0.15, 0.2) is 5.69 Å². The number of carboxylic acids is 1. The van der Waals surface area contributed by atoms with Crippen LogP contribution in [0.2, 0.25) is 0 Å². The van der Waals surface area contributed by atoms with Crippen LogP contribution in [0.15, 0.2) is 66.9 Å². The lowest BCUT2D eigenvalue weighted by atomic mass is 9.98. The molecule has 2 aliphatic carbocycles. The van der Waals surface area contributed by atoms with Gasteiger partial charge >= 0.3 is 12.1 Å². The minimum absolute atomic E-state index is 0.0112. The maximum atomic E-state index is 12.9. The van der Waals surface area contributed by atoms with Crippen molar-refractivity contribution in [2.45, 2.75) is 31.2 Å². The van der Waals surface area contributed by atoms with E-state index in [-0.39, 0.29) is 23.9 Å². The number of nitrogens with zero attached hydrogens (tertiary/aromatic N) is 1. The summed E-state index contributed by atoms with van der Waals surface area (Å²) in [7, 11) is 0. The molecule has 3 aromatic rings. The van der Waals surface area contributed by atoms with Crippen LogP contribution in [-0.2, 0) is 9.53 Å². The minimum Gasteiger partial charge on any atom is -0.481 e. The van der Waals surface area contributed by atoms with E-state index in [1.165, 1.54) is 6.20 Å². The Morgan fingerprint density at radius 3 is 2.31 bits per heavy atom. The van der Waals surface area contributed by atoms with Crippen molar-refractivity contribution in [2.75, 3.05) is 11.9 Å². The molecule has 2 aliphatic rings. The molecule has 0 saturated heterocycles. The van der Waals surface area contributed by atoms with Gasteiger partial charge in [-0.1, -0.05) is 55.0 Å². The zero-order valence-electron chi connectivity index (χ0n) is 18.9. The molecule has 35 heavy (non-hydrogen) atoms. The molecule has 2 amide bonds. The average Bonchev–Trinajstić information content (AvgIpc) is 3.46. The lowest BCUT2D eigenvalue weighted by Crippen LogP contribution is -2.40. The molecule has 1 fully saturated rings. The van der Waals surface area contributed by atoms with E-state index in [1.54, 1.807) is 12.1 Å². The van der Waals surface area contributed by atoms with Gasteiger partial charge in [-0.15, -0.1) is 0 Å². The van der Waals surface area contributed by atoms with Crippen molar-refractivity contribution in [3.8, 4) is 11.1 Å². The number of hydrogen-bond acceptors (Lipinski definition) is 5. The maximum Gasteiger partial charge on any atom is 0.411 e. The predicted molar refractivity (Wildman–Crippen MR) is 129 cm³/mol. The molecular formula is C27H25N3O5. The fourth-order valence-electron chi connectivity index (χ4n) is 5.10. The van der Waals surface area contributed by atoms with Gasteiger partial charge in [0.2, 0.25) is 0 Å². The number of fused-ring (bicyclic) bond motifs is 3. The van der Waals surface area contributed by atoms with E-state index in [4.69, 9.17) is 4.74 Å². The molecule has 178 valence electrons. The van der Waals surface area contributed by atoms with Gasteiger partial charge in [0.25, 0.3) is 5.91 Å². The van der Waals surface area contributed by atoms with Gasteiger partial charge < -0.3 is 15.2 Å².